The molecule has 0 aromatic heterocycles. The highest BCUT2D eigenvalue weighted by molar-refractivity contribution is 5.75. The van der Waals surface area contributed by atoms with Gasteiger partial charge in [0.2, 0.25) is 0 Å². The molecule has 60 heavy (non-hydrogen) atoms. The third-order valence-electron chi connectivity index (χ3n) is 11.8. The van der Waals surface area contributed by atoms with Crippen molar-refractivity contribution in [2.75, 3.05) is 34.0 Å². The van der Waals surface area contributed by atoms with E-state index in [4.69, 9.17) is 33.9 Å². The first kappa shape index (κ1) is 50.4. The Kier molecular flexibility index (Phi) is 26.8. The number of carbonyl (C=O) groups is 3. The molecule has 2 aromatic rings. The summed E-state index contributed by atoms with van der Waals surface area (Å²) in [6.07, 6.45) is 29.5. The maximum absolute atomic E-state index is 12.9. The van der Waals surface area contributed by atoms with E-state index in [-0.39, 0.29) is 17.8 Å². The largest absolute Gasteiger partial charge is 0.493 e. The van der Waals surface area contributed by atoms with Crippen molar-refractivity contribution in [2.45, 2.75) is 180 Å². The Morgan fingerprint density at radius 3 is 1.35 bits per heavy atom. The molecule has 0 unspecified atom stereocenters. The molecule has 1 heterocycles. The highest BCUT2D eigenvalue weighted by atomic mass is 16.5. The van der Waals surface area contributed by atoms with Gasteiger partial charge in [-0.3, -0.25) is 14.4 Å². The summed E-state index contributed by atoms with van der Waals surface area (Å²) in [4.78, 5) is 34.2. The van der Waals surface area contributed by atoms with Crippen LogP contribution in [0, 0.1) is 11.8 Å². The minimum absolute atomic E-state index is 0.0458. The number of hydrogen-bond acceptors (Lipinski definition) is 8. The molecule has 0 radical (unpaired) electrons. The molecule has 0 aliphatic carbocycles. The van der Waals surface area contributed by atoms with E-state index in [2.05, 4.69) is 12.1 Å². The van der Waals surface area contributed by atoms with Gasteiger partial charge in [-0.25, -0.2) is 0 Å². The van der Waals surface area contributed by atoms with Gasteiger partial charge in [0.1, 0.15) is 0 Å². The van der Waals surface area contributed by atoms with Crippen LogP contribution in [0.4, 0.5) is 0 Å². The topological polar surface area (TPSA) is 138 Å². The molecule has 10 nitrogen and oxygen atoms in total. The zero-order valence-electron chi connectivity index (χ0n) is 37.2. The van der Waals surface area contributed by atoms with Gasteiger partial charge < -0.3 is 33.9 Å². The lowest BCUT2D eigenvalue weighted by atomic mass is 9.85. The fraction of sp³-hybridized carbons (Fsp3) is 0.700. The molecule has 1 saturated heterocycles. The first-order chi connectivity index (χ1) is 29.3. The summed E-state index contributed by atoms with van der Waals surface area (Å²) in [5.74, 6) is 1.13. The van der Waals surface area contributed by atoms with Crippen LogP contribution in [0.15, 0.2) is 36.4 Å². The predicted molar refractivity (Wildman–Crippen MR) is 238 cm³/mol. The maximum Gasteiger partial charge on any atom is 0.309 e. The summed E-state index contributed by atoms with van der Waals surface area (Å²) < 4.78 is 29.3. The lowest BCUT2D eigenvalue weighted by molar-refractivity contribution is -0.141. The first-order valence-electron chi connectivity index (χ1n) is 23.5. The second kappa shape index (κ2) is 31.9. The van der Waals surface area contributed by atoms with Crippen LogP contribution in [0.3, 0.4) is 0 Å². The Labute approximate surface area is 361 Å². The van der Waals surface area contributed by atoms with Crippen LogP contribution in [0.2, 0.25) is 0 Å². The Hall–Kier alpha value is -3.95. The van der Waals surface area contributed by atoms with Gasteiger partial charge in [0.15, 0.2) is 23.0 Å². The number of cyclic esters (lactones) is 1. The molecular weight excluding hydrogens is 761 g/mol. The molecule has 0 amide bonds. The number of carboxylic acid groups (broad SMARTS) is 2. The van der Waals surface area contributed by atoms with Crippen LogP contribution in [0.1, 0.15) is 178 Å². The van der Waals surface area contributed by atoms with Gasteiger partial charge in [-0.05, 0) is 73.9 Å². The van der Waals surface area contributed by atoms with E-state index in [0.29, 0.717) is 57.0 Å². The molecule has 0 bridgehead atoms. The molecule has 0 saturated carbocycles. The lowest BCUT2D eigenvalue weighted by Gasteiger charge is -2.18. The molecule has 1 fully saturated rings. The fourth-order valence-corrected chi connectivity index (χ4v) is 8.19. The second-order valence-corrected chi connectivity index (χ2v) is 16.8. The molecular formula is C50H78O10. The number of rotatable bonds is 38. The van der Waals surface area contributed by atoms with E-state index in [1.54, 1.807) is 14.2 Å². The number of carboxylic acids is 2. The van der Waals surface area contributed by atoms with Gasteiger partial charge in [-0.2, -0.15) is 0 Å². The highest BCUT2D eigenvalue weighted by Gasteiger charge is 2.37. The van der Waals surface area contributed by atoms with Crippen molar-refractivity contribution in [1.82, 2.24) is 0 Å². The lowest BCUT2D eigenvalue weighted by Crippen LogP contribution is -2.20. The molecule has 1 aliphatic heterocycles. The SMILES string of the molecule is COc1ccc(C[C@H]2C(=O)OC[C@@H]2Cc2ccc(OCCCCCCCCCCCCCCC(=O)O)c(OCCCCCCCCCCCCCCC(=O)O)c2)cc1OC. The van der Waals surface area contributed by atoms with Crippen LogP contribution in [0.25, 0.3) is 0 Å². The maximum atomic E-state index is 12.9. The third kappa shape index (κ3) is 22.1. The molecule has 0 spiro atoms. The zero-order valence-corrected chi connectivity index (χ0v) is 37.2. The summed E-state index contributed by atoms with van der Waals surface area (Å²) in [6, 6.07) is 12.1. The average molecular weight is 839 g/mol. The Bertz CT molecular complexity index is 1470. The Morgan fingerprint density at radius 1 is 0.517 bits per heavy atom. The van der Waals surface area contributed by atoms with Gasteiger partial charge >= 0.3 is 17.9 Å². The van der Waals surface area contributed by atoms with Crippen molar-refractivity contribution in [3.63, 3.8) is 0 Å². The van der Waals surface area contributed by atoms with Crippen LogP contribution in [-0.4, -0.2) is 62.2 Å². The average Bonchev–Trinajstić information content (AvgIpc) is 3.57. The summed E-state index contributed by atoms with van der Waals surface area (Å²) in [7, 11) is 3.23. The van der Waals surface area contributed by atoms with Gasteiger partial charge in [0.05, 0.1) is 40.0 Å². The number of unbranched alkanes of at least 4 members (excludes halogenated alkanes) is 22. The van der Waals surface area contributed by atoms with Gasteiger partial charge in [-0.15, -0.1) is 0 Å². The van der Waals surface area contributed by atoms with E-state index in [9.17, 15) is 14.4 Å². The predicted octanol–water partition coefficient (Wildman–Crippen LogP) is 12.3. The molecule has 2 atom stereocenters. The summed E-state index contributed by atoms with van der Waals surface area (Å²) >= 11 is 0. The number of ether oxygens (including phenoxy) is 5. The summed E-state index contributed by atoms with van der Waals surface area (Å²) in [5.41, 5.74) is 2.12. The first-order valence-corrected chi connectivity index (χ1v) is 23.5. The van der Waals surface area contributed by atoms with Crippen molar-refractivity contribution in [1.29, 1.82) is 0 Å². The van der Waals surface area contributed by atoms with E-state index in [1.165, 1.54) is 89.9 Å². The monoisotopic (exact) mass is 839 g/mol. The van der Waals surface area contributed by atoms with E-state index < -0.39 is 11.9 Å². The molecule has 1 aliphatic rings. The molecule has 338 valence electrons. The van der Waals surface area contributed by atoms with Gasteiger partial charge in [0.25, 0.3) is 0 Å². The third-order valence-corrected chi connectivity index (χ3v) is 11.8. The molecule has 2 N–H and O–H groups in total. The van der Waals surface area contributed by atoms with Crippen LogP contribution in [0.5, 0.6) is 23.0 Å². The van der Waals surface area contributed by atoms with Crippen molar-refractivity contribution in [2.24, 2.45) is 11.8 Å². The van der Waals surface area contributed by atoms with Crippen LogP contribution >= 0.6 is 0 Å². The normalized spacial score (nSPS) is 14.9. The second-order valence-electron chi connectivity index (χ2n) is 16.8. The van der Waals surface area contributed by atoms with Gasteiger partial charge in [-0.1, -0.05) is 141 Å². The molecule has 2 aromatic carbocycles. The minimum Gasteiger partial charge on any atom is -0.493 e. The Morgan fingerprint density at radius 2 is 0.900 bits per heavy atom. The molecule has 3 rings (SSSR count). The van der Waals surface area contributed by atoms with E-state index >= 15 is 0 Å². The minimum atomic E-state index is -0.690. The van der Waals surface area contributed by atoms with Gasteiger partial charge in [0, 0.05) is 18.8 Å². The Balaban J connectivity index is 1.42. The standard InChI is InChI=1S/C50H78O10/c1-56-44-31-29-41(37-46(44)57-2)36-43-42(39-60-50(43)55)35-40-30-32-45(58-33-25-21-17-13-9-5-3-7-11-15-19-23-27-48(51)52)47(38-40)59-34-26-22-18-14-10-6-4-8-12-16-20-24-28-49(53)54/h29-32,37-38,42-43H,3-28,33-36,39H2,1-2H3,(H,51,52)(H,53,54)/t42-,43+/m0/s1. The number of aliphatic carboxylic acids is 2. The van der Waals surface area contributed by atoms with Crippen LogP contribution in [-0.2, 0) is 32.0 Å². The fourth-order valence-electron chi connectivity index (χ4n) is 8.19. The highest BCUT2D eigenvalue weighted by Crippen LogP contribution is 2.35. The quantitative estimate of drug-likeness (QED) is 0.0496. The number of hydrogen-bond donors (Lipinski definition) is 2. The van der Waals surface area contributed by atoms with E-state index in [1.807, 2.05) is 24.3 Å². The number of methoxy groups -OCH3 is 2. The number of benzene rings is 2. The van der Waals surface area contributed by atoms with Crippen molar-refractivity contribution in [3.05, 3.63) is 47.5 Å². The summed E-state index contributed by atoms with van der Waals surface area (Å²) in [6.45, 7) is 1.69. The van der Waals surface area contributed by atoms with Crippen LogP contribution < -0.4 is 18.9 Å². The van der Waals surface area contributed by atoms with Crippen molar-refractivity contribution < 1.29 is 48.3 Å². The van der Waals surface area contributed by atoms with Crippen molar-refractivity contribution >= 4 is 17.9 Å². The summed E-state index contributed by atoms with van der Waals surface area (Å²) in [5, 5.41) is 17.5. The number of carbonyl (C=O) groups excluding carboxylic acids is 1. The van der Waals surface area contributed by atoms with Crippen molar-refractivity contribution in [3.8, 4) is 23.0 Å². The zero-order chi connectivity index (χ0) is 43.0. The number of esters is 1. The smallest absolute Gasteiger partial charge is 0.309 e. The molecule has 10 heteroatoms. The van der Waals surface area contributed by atoms with E-state index in [0.717, 1.165) is 86.8 Å².